The molecule has 0 radical (unpaired) electrons. The van der Waals surface area contributed by atoms with E-state index >= 15 is 0 Å². The Bertz CT molecular complexity index is 161. The molecule has 1 fully saturated rings. The van der Waals surface area contributed by atoms with Crippen LogP contribution >= 0.6 is 0 Å². The molecule has 1 aliphatic heterocycles. The first-order valence-corrected chi connectivity index (χ1v) is 5.62. The molecule has 1 aliphatic rings. The summed E-state index contributed by atoms with van der Waals surface area (Å²) in [6.07, 6.45) is 2.48. The number of rotatable bonds is 4. The van der Waals surface area contributed by atoms with E-state index in [9.17, 15) is 5.11 Å². The van der Waals surface area contributed by atoms with Gasteiger partial charge in [-0.1, -0.05) is 13.8 Å². The van der Waals surface area contributed by atoms with Crippen LogP contribution in [0, 0.1) is 5.92 Å². The first-order chi connectivity index (χ1) is 6.63. The summed E-state index contributed by atoms with van der Waals surface area (Å²) in [6.45, 7) is 7.45. The van der Waals surface area contributed by atoms with Crippen molar-refractivity contribution in [1.82, 2.24) is 5.32 Å². The lowest BCUT2D eigenvalue weighted by Crippen LogP contribution is -2.47. The summed E-state index contributed by atoms with van der Waals surface area (Å²) in [5, 5.41) is 12.7. The van der Waals surface area contributed by atoms with Crippen molar-refractivity contribution in [3.05, 3.63) is 0 Å². The van der Waals surface area contributed by atoms with E-state index in [2.05, 4.69) is 26.1 Å². The van der Waals surface area contributed by atoms with Crippen LogP contribution in [0.1, 0.15) is 33.6 Å². The van der Waals surface area contributed by atoms with Crippen molar-refractivity contribution in [2.45, 2.75) is 51.8 Å². The fourth-order valence-corrected chi connectivity index (χ4v) is 1.91. The second-order valence-corrected chi connectivity index (χ2v) is 4.60. The molecule has 0 amide bonds. The van der Waals surface area contributed by atoms with Crippen LogP contribution in [0.2, 0.25) is 0 Å². The van der Waals surface area contributed by atoms with Gasteiger partial charge in [0.05, 0.1) is 12.7 Å². The highest BCUT2D eigenvalue weighted by atomic mass is 16.5. The predicted molar refractivity (Wildman–Crippen MR) is 57.3 cm³/mol. The fourth-order valence-electron chi connectivity index (χ4n) is 1.91. The van der Waals surface area contributed by atoms with Crippen molar-refractivity contribution in [2.75, 3.05) is 13.2 Å². The maximum atomic E-state index is 9.20. The van der Waals surface area contributed by atoms with E-state index in [4.69, 9.17) is 4.74 Å². The van der Waals surface area contributed by atoms with Crippen molar-refractivity contribution in [1.29, 1.82) is 0 Å². The molecule has 0 aromatic heterocycles. The SMILES string of the molecule is CC1CC(N[C@H](CO)C(C)C)CCO1. The number of hydrogen-bond acceptors (Lipinski definition) is 3. The summed E-state index contributed by atoms with van der Waals surface area (Å²) in [6, 6.07) is 0.739. The average Bonchev–Trinajstić information content (AvgIpc) is 2.14. The largest absolute Gasteiger partial charge is 0.395 e. The van der Waals surface area contributed by atoms with Crippen LogP contribution in [0.3, 0.4) is 0 Å². The molecule has 3 atom stereocenters. The first kappa shape index (κ1) is 12.0. The van der Waals surface area contributed by atoms with Gasteiger partial charge in [0.25, 0.3) is 0 Å². The van der Waals surface area contributed by atoms with E-state index in [0.717, 1.165) is 19.4 Å². The number of hydrogen-bond donors (Lipinski definition) is 2. The summed E-state index contributed by atoms with van der Waals surface area (Å²) in [5.74, 6) is 0.484. The van der Waals surface area contributed by atoms with Crippen molar-refractivity contribution in [3.8, 4) is 0 Å². The van der Waals surface area contributed by atoms with Gasteiger partial charge < -0.3 is 15.2 Å². The van der Waals surface area contributed by atoms with E-state index in [-0.39, 0.29) is 12.6 Å². The lowest BCUT2D eigenvalue weighted by atomic mass is 9.99. The highest BCUT2D eigenvalue weighted by Crippen LogP contribution is 2.15. The molecule has 84 valence electrons. The maximum absolute atomic E-state index is 9.20. The second-order valence-electron chi connectivity index (χ2n) is 4.60. The molecule has 2 N–H and O–H groups in total. The summed E-state index contributed by atoms with van der Waals surface area (Å²) >= 11 is 0. The Kier molecular flexibility index (Phi) is 4.85. The molecule has 1 rings (SSSR count). The van der Waals surface area contributed by atoms with Gasteiger partial charge in [0, 0.05) is 18.7 Å². The van der Waals surface area contributed by atoms with E-state index < -0.39 is 0 Å². The molecule has 0 aromatic rings. The highest BCUT2D eigenvalue weighted by molar-refractivity contribution is 4.80. The third-order valence-electron chi connectivity index (χ3n) is 2.94. The smallest absolute Gasteiger partial charge is 0.0587 e. The summed E-state index contributed by atoms with van der Waals surface area (Å²) in [4.78, 5) is 0. The quantitative estimate of drug-likeness (QED) is 0.717. The second kappa shape index (κ2) is 5.69. The van der Waals surface area contributed by atoms with Crippen LogP contribution in [0.25, 0.3) is 0 Å². The molecule has 2 unspecified atom stereocenters. The fraction of sp³-hybridized carbons (Fsp3) is 1.00. The monoisotopic (exact) mass is 201 g/mol. The van der Waals surface area contributed by atoms with Gasteiger partial charge in [0.1, 0.15) is 0 Å². The van der Waals surface area contributed by atoms with Gasteiger partial charge >= 0.3 is 0 Å². The van der Waals surface area contributed by atoms with Crippen molar-refractivity contribution in [3.63, 3.8) is 0 Å². The standard InChI is InChI=1S/C11H23NO2/c1-8(2)11(7-13)12-10-4-5-14-9(3)6-10/h8-13H,4-7H2,1-3H3/t9?,10?,11-/m1/s1. The third kappa shape index (κ3) is 3.56. The van der Waals surface area contributed by atoms with Crippen molar-refractivity contribution in [2.24, 2.45) is 5.92 Å². The summed E-state index contributed by atoms with van der Waals surface area (Å²) in [5.41, 5.74) is 0. The lowest BCUT2D eigenvalue weighted by Gasteiger charge is -2.32. The number of nitrogens with one attached hydrogen (secondary N) is 1. The van der Waals surface area contributed by atoms with Crippen molar-refractivity contribution < 1.29 is 9.84 Å². The zero-order valence-electron chi connectivity index (χ0n) is 9.49. The molecule has 0 bridgehead atoms. The Labute approximate surface area is 86.8 Å². The minimum absolute atomic E-state index is 0.226. The molecule has 1 saturated heterocycles. The zero-order valence-corrected chi connectivity index (χ0v) is 9.49. The molecule has 3 heteroatoms. The Morgan fingerprint density at radius 2 is 2.21 bits per heavy atom. The predicted octanol–water partition coefficient (Wildman–Crippen LogP) is 1.16. The summed E-state index contributed by atoms with van der Waals surface area (Å²) in [7, 11) is 0. The van der Waals surface area contributed by atoms with E-state index in [1.54, 1.807) is 0 Å². The minimum Gasteiger partial charge on any atom is -0.395 e. The number of aliphatic hydroxyl groups is 1. The first-order valence-electron chi connectivity index (χ1n) is 5.62. The van der Waals surface area contributed by atoms with Crippen molar-refractivity contribution >= 4 is 0 Å². The van der Waals surface area contributed by atoms with Gasteiger partial charge in [-0.2, -0.15) is 0 Å². The lowest BCUT2D eigenvalue weighted by molar-refractivity contribution is 0.00809. The van der Waals surface area contributed by atoms with Crippen LogP contribution in [0.15, 0.2) is 0 Å². The molecular weight excluding hydrogens is 178 g/mol. The minimum atomic E-state index is 0.226. The third-order valence-corrected chi connectivity index (χ3v) is 2.94. The topological polar surface area (TPSA) is 41.5 Å². The van der Waals surface area contributed by atoms with E-state index in [1.807, 2.05) is 0 Å². The molecular formula is C11H23NO2. The zero-order chi connectivity index (χ0) is 10.6. The molecule has 0 aliphatic carbocycles. The van der Waals surface area contributed by atoms with Crippen LogP contribution in [-0.4, -0.2) is 36.5 Å². The Morgan fingerprint density at radius 3 is 2.71 bits per heavy atom. The number of aliphatic hydroxyl groups excluding tert-OH is 1. The Balaban J connectivity index is 2.33. The van der Waals surface area contributed by atoms with Gasteiger partial charge in [-0.25, -0.2) is 0 Å². The molecule has 1 heterocycles. The van der Waals surface area contributed by atoms with Gasteiger partial charge in [0.15, 0.2) is 0 Å². The highest BCUT2D eigenvalue weighted by Gasteiger charge is 2.22. The number of ether oxygens (including phenoxy) is 1. The van der Waals surface area contributed by atoms with Gasteiger partial charge in [-0.05, 0) is 25.7 Å². The van der Waals surface area contributed by atoms with Gasteiger partial charge in [-0.15, -0.1) is 0 Å². The van der Waals surface area contributed by atoms with Crippen LogP contribution in [0.4, 0.5) is 0 Å². The van der Waals surface area contributed by atoms with E-state index in [0.29, 0.717) is 18.1 Å². The average molecular weight is 201 g/mol. The van der Waals surface area contributed by atoms with Gasteiger partial charge in [-0.3, -0.25) is 0 Å². The summed E-state index contributed by atoms with van der Waals surface area (Å²) < 4.78 is 5.48. The van der Waals surface area contributed by atoms with Crippen LogP contribution < -0.4 is 5.32 Å². The van der Waals surface area contributed by atoms with Crippen LogP contribution in [0.5, 0.6) is 0 Å². The van der Waals surface area contributed by atoms with Crippen LogP contribution in [-0.2, 0) is 4.74 Å². The molecule has 0 spiro atoms. The molecule has 14 heavy (non-hydrogen) atoms. The molecule has 0 aromatic carbocycles. The maximum Gasteiger partial charge on any atom is 0.0587 e. The van der Waals surface area contributed by atoms with E-state index in [1.165, 1.54) is 0 Å². The Morgan fingerprint density at radius 1 is 1.50 bits per heavy atom. The normalized spacial score (nSPS) is 30.6. The van der Waals surface area contributed by atoms with Gasteiger partial charge in [0.2, 0.25) is 0 Å². The Hall–Kier alpha value is -0.120. The molecule has 0 saturated carbocycles. The molecule has 3 nitrogen and oxygen atoms in total.